The van der Waals surface area contributed by atoms with Crippen molar-refractivity contribution >= 4 is 17.7 Å². The number of hydrogen-bond acceptors (Lipinski definition) is 5. The minimum atomic E-state index is -0.574. The van der Waals surface area contributed by atoms with Crippen molar-refractivity contribution < 1.29 is 18.7 Å². The van der Waals surface area contributed by atoms with Gasteiger partial charge in [-0.15, -0.1) is 0 Å². The van der Waals surface area contributed by atoms with Crippen LogP contribution in [0.1, 0.15) is 34.4 Å². The fraction of sp³-hybridized carbons (Fsp3) is 0.211. The quantitative estimate of drug-likeness (QED) is 0.682. The van der Waals surface area contributed by atoms with E-state index in [4.69, 9.17) is 9.15 Å². The zero-order valence-corrected chi connectivity index (χ0v) is 14.6. The average molecular weight is 353 g/mol. The molecule has 3 rings (SSSR count). The molecule has 0 saturated carbocycles. The third kappa shape index (κ3) is 4.38. The van der Waals surface area contributed by atoms with Crippen molar-refractivity contribution in [2.45, 2.75) is 27.0 Å². The maximum Gasteiger partial charge on any atom is 0.413 e. The Labute approximate surface area is 150 Å². The number of benzene rings is 1. The van der Waals surface area contributed by atoms with Crippen LogP contribution >= 0.6 is 0 Å². The van der Waals surface area contributed by atoms with Gasteiger partial charge in [0.05, 0.1) is 6.54 Å². The Morgan fingerprint density at radius 1 is 1.19 bits per heavy atom. The molecule has 0 atom stereocenters. The summed E-state index contributed by atoms with van der Waals surface area (Å²) in [6, 6.07) is 12.7. The second-order valence-corrected chi connectivity index (χ2v) is 5.85. The van der Waals surface area contributed by atoms with Gasteiger partial charge < -0.3 is 9.15 Å². The highest BCUT2D eigenvalue weighted by Gasteiger charge is 2.10. The molecule has 0 aliphatic carbocycles. The van der Waals surface area contributed by atoms with Gasteiger partial charge in [0, 0.05) is 19.2 Å². The van der Waals surface area contributed by atoms with Crippen LogP contribution in [-0.4, -0.2) is 21.7 Å². The smallest absolute Gasteiger partial charge is 0.413 e. The van der Waals surface area contributed by atoms with E-state index in [1.54, 1.807) is 29.1 Å². The lowest BCUT2D eigenvalue weighted by atomic mass is 10.1. The number of hydrogen-bond donors (Lipinski definition) is 1. The van der Waals surface area contributed by atoms with E-state index >= 15 is 0 Å². The van der Waals surface area contributed by atoms with Gasteiger partial charge in [0.2, 0.25) is 0 Å². The van der Waals surface area contributed by atoms with Crippen LogP contribution in [0.2, 0.25) is 0 Å². The summed E-state index contributed by atoms with van der Waals surface area (Å²) in [5.74, 6) is 1.16. The molecule has 3 aromatic rings. The van der Waals surface area contributed by atoms with Crippen molar-refractivity contribution in [3.63, 3.8) is 0 Å². The number of carbonyl (C=O) groups excluding carboxylic acids is 2. The normalized spacial score (nSPS) is 10.5. The number of carbonyl (C=O) groups is 2. The molecular weight excluding hydrogens is 334 g/mol. The highest BCUT2D eigenvalue weighted by atomic mass is 16.5. The second kappa shape index (κ2) is 7.69. The minimum absolute atomic E-state index is 0.129. The van der Waals surface area contributed by atoms with E-state index in [1.165, 1.54) is 6.92 Å². The van der Waals surface area contributed by atoms with E-state index in [0.29, 0.717) is 23.9 Å². The number of ether oxygens (including phenoxy) is 1. The molecule has 26 heavy (non-hydrogen) atoms. The molecule has 2 aromatic heterocycles. The number of anilines is 1. The molecule has 7 nitrogen and oxygen atoms in total. The molecule has 2 heterocycles. The van der Waals surface area contributed by atoms with Gasteiger partial charge in [-0.05, 0) is 30.2 Å². The van der Waals surface area contributed by atoms with Gasteiger partial charge in [0.25, 0.3) is 0 Å². The van der Waals surface area contributed by atoms with Gasteiger partial charge in [0.1, 0.15) is 12.4 Å². The van der Waals surface area contributed by atoms with E-state index in [2.05, 4.69) is 10.4 Å². The number of Topliss-reactive ketones (excluding diaryl/α,β-unsaturated/α-hetero) is 1. The summed E-state index contributed by atoms with van der Waals surface area (Å²) in [5.41, 5.74) is 2.01. The molecular formula is C19H19N3O4. The number of ketones is 1. The SMILES string of the molecule is CC(=O)c1ccc(Cn2ccc(NC(=O)OCc3ccccc3C)n2)o1. The molecule has 1 aromatic carbocycles. The zero-order valence-electron chi connectivity index (χ0n) is 14.6. The fourth-order valence-corrected chi connectivity index (χ4v) is 2.38. The van der Waals surface area contributed by atoms with Crippen LogP contribution in [0.25, 0.3) is 0 Å². The summed E-state index contributed by atoms with van der Waals surface area (Å²) in [7, 11) is 0. The Balaban J connectivity index is 1.53. The number of furan rings is 1. The first-order valence-electron chi connectivity index (χ1n) is 8.12. The van der Waals surface area contributed by atoms with Crippen molar-refractivity contribution in [1.29, 1.82) is 0 Å². The van der Waals surface area contributed by atoms with Crippen LogP contribution < -0.4 is 5.32 Å². The van der Waals surface area contributed by atoms with Crippen LogP contribution in [0.15, 0.2) is 53.1 Å². The van der Waals surface area contributed by atoms with E-state index < -0.39 is 6.09 Å². The van der Waals surface area contributed by atoms with Crippen molar-refractivity contribution in [2.24, 2.45) is 0 Å². The standard InChI is InChI=1S/C19H19N3O4/c1-13-5-3-4-6-15(13)12-25-19(24)20-18-9-10-22(21-18)11-16-7-8-17(26-16)14(2)23/h3-10H,11-12H2,1-2H3,(H,20,21,24). The molecule has 1 amide bonds. The summed E-state index contributed by atoms with van der Waals surface area (Å²) < 4.78 is 12.2. The van der Waals surface area contributed by atoms with Gasteiger partial charge in [0.15, 0.2) is 17.4 Å². The van der Waals surface area contributed by atoms with Crippen LogP contribution in [0.3, 0.4) is 0 Å². The van der Waals surface area contributed by atoms with Gasteiger partial charge in [-0.2, -0.15) is 5.10 Å². The first-order valence-corrected chi connectivity index (χ1v) is 8.12. The molecule has 1 N–H and O–H groups in total. The second-order valence-electron chi connectivity index (χ2n) is 5.85. The molecule has 0 spiro atoms. The van der Waals surface area contributed by atoms with E-state index in [0.717, 1.165) is 11.1 Å². The van der Waals surface area contributed by atoms with Crippen molar-refractivity contribution in [1.82, 2.24) is 9.78 Å². The van der Waals surface area contributed by atoms with Crippen LogP contribution in [-0.2, 0) is 17.9 Å². The Kier molecular flexibility index (Phi) is 5.17. The number of amides is 1. The minimum Gasteiger partial charge on any atom is -0.456 e. The predicted octanol–water partition coefficient (Wildman–Crippen LogP) is 3.78. The van der Waals surface area contributed by atoms with Crippen LogP contribution in [0, 0.1) is 6.92 Å². The van der Waals surface area contributed by atoms with Crippen molar-refractivity contribution in [2.75, 3.05) is 5.32 Å². The number of rotatable bonds is 6. The molecule has 0 radical (unpaired) electrons. The third-order valence-corrected chi connectivity index (χ3v) is 3.82. The maximum atomic E-state index is 11.9. The van der Waals surface area contributed by atoms with Gasteiger partial charge in [-0.3, -0.25) is 14.8 Å². The van der Waals surface area contributed by atoms with Crippen molar-refractivity contribution in [3.8, 4) is 0 Å². The number of aryl methyl sites for hydroxylation is 1. The van der Waals surface area contributed by atoms with Crippen LogP contribution in [0.5, 0.6) is 0 Å². The van der Waals surface area contributed by atoms with Crippen LogP contribution in [0.4, 0.5) is 10.6 Å². The predicted molar refractivity (Wildman–Crippen MR) is 95.0 cm³/mol. The number of nitrogens with one attached hydrogen (secondary N) is 1. The first-order chi connectivity index (χ1) is 12.5. The first kappa shape index (κ1) is 17.5. The average Bonchev–Trinajstić information content (AvgIpc) is 3.24. The lowest BCUT2D eigenvalue weighted by Crippen LogP contribution is -2.14. The topological polar surface area (TPSA) is 86.4 Å². The number of aromatic nitrogens is 2. The fourth-order valence-electron chi connectivity index (χ4n) is 2.38. The lowest BCUT2D eigenvalue weighted by molar-refractivity contribution is 0.0985. The molecule has 0 unspecified atom stereocenters. The summed E-state index contributed by atoms with van der Waals surface area (Å²) in [5, 5.41) is 6.82. The van der Waals surface area contributed by atoms with E-state index in [1.807, 2.05) is 31.2 Å². The molecule has 0 fully saturated rings. The summed E-state index contributed by atoms with van der Waals surface area (Å²) in [6.07, 6.45) is 1.13. The molecule has 134 valence electrons. The monoisotopic (exact) mass is 353 g/mol. The molecule has 0 bridgehead atoms. The maximum absolute atomic E-state index is 11.9. The third-order valence-electron chi connectivity index (χ3n) is 3.82. The summed E-state index contributed by atoms with van der Waals surface area (Å²) >= 11 is 0. The molecule has 0 aliphatic rings. The Hall–Kier alpha value is -3.35. The summed E-state index contributed by atoms with van der Waals surface area (Å²) in [6.45, 7) is 3.96. The lowest BCUT2D eigenvalue weighted by Gasteiger charge is -2.07. The summed E-state index contributed by atoms with van der Waals surface area (Å²) in [4.78, 5) is 23.1. The largest absolute Gasteiger partial charge is 0.456 e. The van der Waals surface area contributed by atoms with Gasteiger partial charge in [-0.1, -0.05) is 24.3 Å². The highest BCUT2D eigenvalue weighted by Crippen LogP contribution is 2.12. The Bertz CT molecular complexity index is 926. The number of nitrogens with zero attached hydrogens (tertiary/aromatic N) is 2. The molecule has 0 saturated heterocycles. The highest BCUT2D eigenvalue weighted by molar-refractivity contribution is 5.91. The zero-order chi connectivity index (χ0) is 18.5. The Morgan fingerprint density at radius 3 is 2.73 bits per heavy atom. The molecule has 0 aliphatic heterocycles. The van der Waals surface area contributed by atoms with Gasteiger partial charge >= 0.3 is 6.09 Å². The van der Waals surface area contributed by atoms with Gasteiger partial charge in [-0.25, -0.2) is 4.79 Å². The molecule has 7 heteroatoms. The van der Waals surface area contributed by atoms with E-state index in [-0.39, 0.29) is 12.4 Å². The Morgan fingerprint density at radius 2 is 2.00 bits per heavy atom. The van der Waals surface area contributed by atoms with Crippen molar-refractivity contribution in [3.05, 3.63) is 71.3 Å². The van der Waals surface area contributed by atoms with E-state index in [9.17, 15) is 9.59 Å².